The third kappa shape index (κ3) is 10.6. The molecule has 2 fully saturated rings. The molecule has 0 aromatic heterocycles. The van der Waals surface area contributed by atoms with Crippen LogP contribution in [0.4, 0.5) is 18.9 Å². The van der Waals surface area contributed by atoms with Crippen LogP contribution >= 0.6 is 0 Å². The quantitative estimate of drug-likeness (QED) is 0.156. The summed E-state index contributed by atoms with van der Waals surface area (Å²) in [4.78, 5) is 50.6. The number of nitrogens with zero attached hydrogens (tertiary/aromatic N) is 5. The number of hydrogen-bond donors (Lipinski definition) is 0. The van der Waals surface area contributed by atoms with Gasteiger partial charge >= 0.3 is 6.18 Å². The van der Waals surface area contributed by atoms with Gasteiger partial charge in [-0.25, -0.2) is 0 Å². The SMILES string of the molecule is COc1ccc(CN2CCN(C(=O)[C@H](Cc3ccccc3)N(Cc3ccc(N4CCN(C(C)=O)CC4)cc3)C(=O)C=Cc3ccc(C(F)(F)F)cc3)CC2)cc1. The molecule has 2 aliphatic heterocycles. The van der Waals surface area contributed by atoms with E-state index in [1.807, 2.05) is 88.7 Å². The normalized spacial score (nSPS) is 15.8. The predicted molar refractivity (Wildman–Crippen MR) is 211 cm³/mol. The zero-order chi connectivity index (χ0) is 39.7. The van der Waals surface area contributed by atoms with Gasteiger partial charge in [-0.15, -0.1) is 0 Å². The number of carbonyl (C=O) groups is 3. The molecule has 0 spiro atoms. The summed E-state index contributed by atoms with van der Waals surface area (Å²) >= 11 is 0. The zero-order valence-electron chi connectivity index (χ0n) is 31.8. The standard InChI is InChI=1S/C44H48F3N5O4/c1-33(53)49-26-28-50(29-27-49)39-17-10-37(11-18-39)32-52(42(54)21-14-34-8-15-38(16-9-34)44(45,46)47)41(30-35-6-4-3-5-7-35)43(55)51-24-22-48(23-25-51)31-36-12-19-40(56-2)20-13-36/h3-21,41H,22-32H2,1-2H3/t41-/m0/s1. The summed E-state index contributed by atoms with van der Waals surface area (Å²) in [5, 5.41) is 0. The van der Waals surface area contributed by atoms with E-state index in [1.54, 1.807) is 18.9 Å². The fraction of sp³-hybridized carbons (Fsp3) is 0.341. The van der Waals surface area contributed by atoms with Gasteiger partial charge in [0.05, 0.1) is 12.7 Å². The molecule has 56 heavy (non-hydrogen) atoms. The number of rotatable bonds is 12. The topological polar surface area (TPSA) is 76.6 Å². The molecule has 6 rings (SSSR count). The number of benzene rings is 4. The van der Waals surface area contributed by atoms with Crippen molar-refractivity contribution in [2.24, 2.45) is 0 Å². The highest BCUT2D eigenvalue weighted by atomic mass is 19.4. The van der Waals surface area contributed by atoms with Crippen molar-refractivity contribution in [3.63, 3.8) is 0 Å². The second-order valence-corrected chi connectivity index (χ2v) is 14.2. The molecule has 4 aromatic rings. The third-order valence-electron chi connectivity index (χ3n) is 10.5. The van der Waals surface area contributed by atoms with Crippen molar-refractivity contribution in [2.45, 2.75) is 38.7 Å². The molecular weight excluding hydrogens is 720 g/mol. The number of hydrogen-bond acceptors (Lipinski definition) is 6. The molecule has 3 amide bonds. The summed E-state index contributed by atoms with van der Waals surface area (Å²) in [5.41, 5.74) is 3.52. The van der Waals surface area contributed by atoms with Gasteiger partial charge in [-0.05, 0) is 64.7 Å². The molecule has 2 heterocycles. The van der Waals surface area contributed by atoms with Crippen molar-refractivity contribution in [1.82, 2.24) is 19.6 Å². The number of halogens is 3. The number of amides is 3. The first kappa shape index (κ1) is 40.1. The van der Waals surface area contributed by atoms with E-state index in [-0.39, 0.29) is 24.8 Å². The molecule has 0 unspecified atom stereocenters. The van der Waals surface area contributed by atoms with E-state index in [0.29, 0.717) is 57.9 Å². The van der Waals surface area contributed by atoms with E-state index in [9.17, 15) is 27.6 Å². The molecule has 0 aliphatic carbocycles. The number of carbonyl (C=O) groups excluding carboxylic acids is 3. The lowest BCUT2D eigenvalue weighted by molar-refractivity contribution is -0.145. The first-order chi connectivity index (χ1) is 27.0. The minimum Gasteiger partial charge on any atom is -0.497 e. The van der Waals surface area contributed by atoms with Gasteiger partial charge in [-0.1, -0.05) is 66.7 Å². The maximum Gasteiger partial charge on any atom is 0.416 e. The van der Waals surface area contributed by atoms with Gasteiger partial charge in [0.1, 0.15) is 11.8 Å². The molecule has 2 aliphatic rings. The molecule has 0 bridgehead atoms. The van der Waals surface area contributed by atoms with Crippen LogP contribution in [0.5, 0.6) is 5.75 Å². The highest BCUT2D eigenvalue weighted by Gasteiger charge is 2.34. The average molecular weight is 768 g/mol. The number of piperazine rings is 2. The van der Waals surface area contributed by atoms with Crippen molar-refractivity contribution in [3.05, 3.63) is 137 Å². The second-order valence-electron chi connectivity index (χ2n) is 14.2. The first-order valence-corrected chi connectivity index (χ1v) is 18.9. The van der Waals surface area contributed by atoms with Gasteiger partial charge in [0, 0.05) is 90.6 Å². The Balaban J connectivity index is 1.24. The highest BCUT2D eigenvalue weighted by Crippen LogP contribution is 2.29. The van der Waals surface area contributed by atoms with Gasteiger partial charge in [0.25, 0.3) is 0 Å². The predicted octanol–water partition coefficient (Wildman–Crippen LogP) is 6.38. The van der Waals surface area contributed by atoms with E-state index in [2.05, 4.69) is 9.80 Å². The molecule has 0 N–H and O–H groups in total. The monoisotopic (exact) mass is 767 g/mol. The van der Waals surface area contributed by atoms with E-state index < -0.39 is 23.7 Å². The minimum absolute atomic E-state index is 0.0622. The van der Waals surface area contributed by atoms with E-state index in [4.69, 9.17) is 4.74 Å². The number of methoxy groups -OCH3 is 1. The highest BCUT2D eigenvalue weighted by molar-refractivity contribution is 5.96. The van der Waals surface area contributed by atoms with E-state index in [0.717, 1.165) is 46.8 Å². The first-order valence-electron chi connectivity index (χ1n) is 18.9. The number of ether oxygens (including phenoxy) is 1. The molecule has 1 atom stereocenters. The van der Waals surface area contributed by atoms with E-state index in [1.165, 1.54) is 24.3 Å². The Morgan fingerprint density at radius 1 is 0.732 bits per heavy atom. The van der Waals surface area contributed by atoms with Crippen LogP contribution in [-0.2, 0) is 40.1 Å². The lowest BCUT2D eigenvalue weighted by atomic mass is 10.0. The number of alkyl halides is 3. The zero-order valence-corrected chi connectivity index (χ0v) is 31.8. The third-order valence-corrected chi connectivity index (χ3v) is 10.5. The molecule has 2 saturated heterocycles. The molecule has 12 heteroatoms. The van der Waals surface area contributed by atoms with Crippen molar-refractivity contribution in [3.8, 4) is 5.75 Å². The van der Waals surface area contributed by atoms with Crippen LogP contribution in [0, 0.1) is 0 Å². The maximum absolute atomic E-state index is 14.6. The van der Waals surface area contributed by atoms with Crippen LogP contribution in [0.15, 0.2) is 109 Å². The molecular formula is C44H48F3N5O4. The van der Waals surface area contributed by atoms with Crippen LogP contribution in [0.2, 0.25) is 0 Å². The van der Waals surface area contributed by atoms with Crippen molar-refractivity contribution < 1.29 is 32.3 Å². The molecule has 294 valence electrons. The maximum atomic E-state index is 14.6. The number of anilines is 1. The Hall–Kier alpha value is -5.62. The van der Waals surface area contributed by atoms with Crippen molar-refractivity contribution >= 4 is 29.5 Å². The summed E-state index contributed by atoms with van der Waals surface area (Å²) in [6, 6.07) is 29.2. The fourth-order valence-corrected chi connectivity index (χ4v) is 7.17. The molecule has 0 radical (unpaired) electrons. The molecule has 0 saturated carbocycles. The van der Waals surface area contributed by atoms with E-state index >= 15 is 0 Å². The van der Waals surface area contributed by atoms with Crippen LogP contribution < -0.4 is 9.64 Å². The van der Waals surface area contributed by atoms with Gasteiger partial charge < -0.3 is 24.3 Å². The van der Waals surface area contributed by atoms with Gasteiger partial charge in [-0.2, -0.15) is 13.2 Å². The summed E-state index contributed by atoms with van der Waals surface area (Å²) in [7, 11) is 1.64. The Morgan fingerprint density at radius 2 is 1.34 bits per heavy atom. The second kappa shape index (κ2) is 18.3. The minimum atomic E-state index is -4.47. The van der Waals surface area contributed by atoms with Gasteiger partial charge in [-0.3, -0.25) is 19.3 Å². The Morgan fingerprint density at radius 3 is 1.93 bits per heavy atom. The van der Waals surface area contributed by atoms with Gasteiger partial charge in [0.15, 0.2) is 0 Å². The lowest BCUT2D eigenvalue weighted by Crippen LogP contribution is -2.56. The Labute approximate surface area is 326 Å². The fourth-order valence-electron chi connectivity index (χ4n) is 7.17. The van der Waals surface area contributed by atoms with Crippen LogP contribution in [0.1, 0.15) is 34.7 Å². The summed E-state index contributed by atoms with van der Waals surface area (Å²) in [6.45, 7) is 7.47. The Bertz CT molecular complexity index is 1940. The van der Waals surface area contributed by atoms with Crippen molar-refractivity contribution in [2.75, 3.05) is 64.4 Å². The Kier molecular flexibility index (Phi) is 13.1. The van der Waals surface area contributed by atoms with Crippen LogP contribution in [-0.4, -0.2) is 103 Å². The largest absolute Gasteiger partial charge is 0.497 e. The molecule has 9 nitrogen and oxygen atoms in total. The lowest BCUT2D eigenvalue weighted by Gasteiger charge is -2.39. The summed E-state index contributed by atoms with van der Waals surface area (Å²) in [5.74, 6) is 0.269. The molecule has 4 aromatic carbocycles. The average Bonchev–Trinajstić information content (AvgIpc) is 3.22. The van der Waals surface area contributed by atoms with Crippen LogP contribution in [0.25, 0.3) is 6.08 Å². The van der Waals surface area contributed by atoms with Gasteiger partial charge in [0.2, 0.25) is 17.7 Å². The van der Waals surface area contributed by atoms with Crippen LogP contribution in [0.3, 0.4) is 0 Å². The van der Waals surface area contributed by atoms with Crippen molar-refractivity contribution in [1.29, 1.82) is 0 Å². The summed E-state index contributed by atoms with van der Waals surface area (Å²) in [6.07, 6.45) is -1.37. The smallest absolute Gasteiger partial charge is 0.416 e. The summed E-state index contributed by atoms with van der Waals surface area (Å²) < 4.78 is 45.0.